The summed E-state index contributed by atoms with van der Waals surface area (Å²) in [7, 11) is 1.64. The second-order valence-corrected chi connectivity index (χ2v) is 8.46. The van der Waals surface area contributed by atoms with Crippen LogP contribution in [0.3, 0.4) is 0 Å². The van der Waals surface area contributed by atoms with Gasteiger partial charge in [0.1, 0.15) is 11.6 Å². The van der Waals surface area contributed by atoms with Crippen LogP contribution in [0.1, 0.15) is 18.7 Å². The fourth-order valence-corrected chi connectivity index (χ4v) is 4.64. The zero-order chi connectivity index (χ0) is 21.6. The Labute approximate surface area is 186 Å². The Morgan fingerprint density at radius 2 is 1.90 bits per heavy atom. The van der Waals surface area contributed by atoms with Crippen LogP contribution in [0.5, 0.6) is 5.75 Å². The van der Waals surface area contributed by atoms with Crippen molar-refractivity contribution in [2.24, 2.45) is 0 Å². The fourth-order valence-electron chi connectivity index (χ4n) is 3.74. The van der Waals surface area contributed by atoms with Crippen molar-refractivity contribution in [2.45, 2.75) is 31.0 Å². The highest BCUT2D eigenvalue weighted by molar-refractivity contribution is 7.99. The Morgan fingerprint density at radius 1 is 1.13 bits per heavy atom. The first-order valence-electron chi connectivity index (χ1n) is 10.4. The molecule has 0 spiro atoms. The maximum absolute atomic E-state index is 12.8. The van der Waals surface area contributed by atoms with Gasteiger partial charge in [0.15, 0.2) is 5.16 Å². The molecular weight excluding hydrogens is 410 g/mol. The van der Waals surface area contributed by atoms with E-state index in [1.807, 2.05) is 58.9 Å². The van der Waals surface area contributed by atoms with E-state index in [9.17, 15) is 4.79 Å². The minimum absolute atomic E-state index is 0.140. The number of nitrogens with zero attached hydrogens (tertiary/aromatic N) is 4. The van der Waals surface area contributed by atoms with Gasteiger partial charge in [-0.3, -0.25) is 9.36 Å². The maximum atomic E-state index is 12.8. The average molecular weight is 438 g/mol. The predicted molar refractivity (Wildman–Crippen MR) is 123 cm³/mol. The van der Waals surface area contributed by atoms with E-state index in [2.05, 4.69) is 27.6 Å². The molecule has 4 rings (SSSR count). The summed E-state index contributed by atoms with van der Waals surface area (Å²) < 4.78 is 7.28. The number of amides is 1. The molecule has 1 aliphatic heterocycles. The second kappa shape index (κ2) is 9.87. The summed E-state index contributed by atoms with van der Waals surface area (Å²) in [6, 6.07) is 18.4. The molecule has 0 atom stereocenters. The van der Waals surface area contributed by atoms with Crippen molar-refractivity contribution in [2.75, 3.05) is 31.3 Å². The number of likely N-dealkylation sites (tertiary alicyclic amines) is 1. The van der Waals surface area contributed by atoms with Crippen molar-refractivity contribution in [1.82, 2.24) is 19.7 Å². The smallest absolute Gasteiger partial charge is 0.233 e. The second-order valence-electron chi connectivity index (χ2n) is 7.52. The highest BCUT2D eigenvalue weighted by atomic mass is 32.2. The molecule has 0 unspecified atom stereocenters. The number of thioether (sulfide) groups is 1. The molecule has 3 aromatic rings. The van der Waals surface area contributed by atoms with Crippen molar-refractivity contribution in [1.29, 1.82) is 0 Å². The molecule has 1 amide bonds. The van der Waals surface area contributed by atoms with Crippen molar-refractivity contribution >= 4 is 23.4 Å². The monoisotopic (exact) mass is 437 g/mol. The van der Waals surface area contributed by atoms with Crippen molar-refractivity contribution in [3.8, 4) is 11.4 Å². The summed E-state index contributed by atoms with van der Waals surface area (Å²) in [5.74, 6) is 2.03. The van der Waals surface area contributed by atoms with Gasteiger partial charge in [0.05, 0.1) is 18.6 Å². The van der Waals surface area contributed by atoms with Crippen molar-refractivity contribution < 1.29 is 9.53 Å². The number of piperidine rings is 1. The maximum Gasteiger partial charge on any atom is 0.233 e. The first kappa shape index (κ1) is 21.2. The largest absolute Gasteiger partial charge is 0.497 e. The van der Waals surface area contributed by atoms with E-state index in [1.54, 1.807) is 7.11 Å². The molecule has 1 aliphatic rings. The third-order valence-electron chi connectivity index (χ3n) is 5.42. The molecule has 0 radical (unpaired) electrons. The summed E-state index contributed by atoms with van der Waals surface area (Å²) in [5, 5.41) is 12.8. The first-order valence-corrected chi connectivity index (χ1v) is 11.4. The van der Waals surface area contributed by atoms with Gasteiger partial charge in [0, 0.05) is 30.9 Å². The standard InChI is InChI=1S/C23H27N5O2S/c1-17-25-26-23(28(17)20-9-6-10-21(15-20)30-2)31-16-22(29)27-13-11-19(12-14-27)24-18-7-4-3-5-8-18/h3-10,15,19,24H,11-14,16H2,1-2H3. The lowest BCUT2D eigenvalue weighted by atomic mass is 10.0. The Bertz CT molecular complexity index is 1020. The number of hydrogen-bond donors (Lipinski definition) is 1. The molecular formula is C23H27N5O2S. The van der Waals surface area contributed by atoms with Gasteiger partial charge >= 0.3 is 0 Å². The number of aromatic nitrogens is 3. The van der Waals surface area contributed by atoms with Gasteiger partial charge in [0.25, 0.3) is 0 Å². The quantitative estimate of drug-likeness (QED) is 0.567. The van der Waals surface area contributed by atoms with E-state index in [4.69, 9.17) is 4.74 Å². The van der Waals surface area contributed by atoms with Gasteiger partial charge < -0.3 is 15.0 Å². The fraction of sp³-hybridized carbons (Fsp3) is 0.348. The van der Waals surface area contributed by atoms with E-state index < -0.39 is 0 Å². The average Bonchev–Trinajstić information content (AvgIpc) is 3.19. The highest BCUT2D eigenvalue weighted by Gasteiger charge is 2.23. The molecule has 1 N–H and O–H groups in total. The number of hydrogen-bond acceptors (Lipinski definition) is 6. The summed E-state index contributed by atoms with van der Waals surface area (Å²) in [5.41, 5.74) is 2.06. The number of carbonyl (C=O) groups excluding carboxylic acids is 1. The molecule has 2 aromatic carbocycles. The summed E-state index contributed by atoms with van der Waals surface area (Å²) in [6.45, 7) is 3.44. The lowest BCUT2D eigenvalue weighted by Crippen LogP contribution is -2.43. The minimum Gasteiger partial charge on any atom is -0.497 e. The summed E-state index contributed by atoms with van der Waals surface area (Å²) >= 11 is 1.42. The molecule has 7 nitrogen and oxygen atoms in total. The number of benzene rings is 2. The van der Waals surface area contributed by atoms with Crippen LogP contribution in [-0.2, 0) is 4.79 Å². The Morgan fingerprint density at radius 3 is 2.65 bits per heavy atom. The first-order chi connectivity index (χ1) is 15.1. The van der Waals surface area contributed by atoms with Crippen LogP contribution in [0.2, 0.25) is 0 Å². The van der Waals surface area contributed by atoms with Gasteiger partial charge in [-0.1, -0.05) is 36.0 Å². The van der Waals surface area contributed by atoms with E-state index in [1.165, 1.54) is 11.8 Å². The van der Waals surface area contributed by atoms with Crippen molar-refractivity contribution in [3.63, 3.8) is 0 Å². The molecule has 8 heteroatoms. The lowest BCUT2D eigenvalue weighted by Gasteiger charge is -2.32. The van der Waals surface area contributed by atoms with Gasteiger partial charge in [0.2, 0.25) is 5.91 Å². The summed E-state index contributed by atoms with van der Waals surface area (Å²) in [4.78, 5) is 14.8. The van der Waals surface area contributed by atoms with Gasteiger partial charge in [-0.05, 0) is 44.0 Å². The van der Waals surface area contributed by atoms with E-state index in [0.717, 1.165) is 48.9 Å². The van der Waals surface area contributed by atoms with Gasteiger partial charge in [-0.2, -0.15) is 0 Å². The van der Waals surface area contributed by atoms with Crippen LogP contribution >= 0.6 is 11.8 Å². The number of methoxy groups -OCH3 is 1. The number of aryl methyl sites for hydroxylation is 1. The Hall–Kier alpha value is -3.00. The molecule has 0 saturated carbocycles. The van der Waals surface area contributed by atoms with E-state index >= 15 is 0 Å². The van der Waals surface area contributed by atoms with Gasteiger partial charge in [-0.25, -0.2) is 0 Å². The van der Waals surface area contributed by atoms with E-state index in [-0.39, 0.29) is 5.91 Å². The number of anilines is 1. The molecule has 2 heterocycles. The van der Waals surface area contributed by atoms with Crippen LogP contribution in [0.4, 0.5) is 5.69 Å². The molecule has 31 heavy (non-hydrogen) atoms. The zero-order valence-corrected chi connectivity index (χ0v) is 18.6. The van der Waals surface area contributed by atoms with Crippen molar-refractivity contribution in [3.05, 3.63) is 60.4 Å². The molecule has 1 saturated heterocycles. The van der Waals surface area contributed by atoms with Gasteiger partial charge in [-0.15, -0.1) is 10.2 Å². The highest BCUT2D eigenvalue weighted by Crippen LogP contribution is 2.25. The zero-order valence-electron chi connectivity index (χ0n) is 17.8. The van der Waals surface area contributed by atoms with Crippen LogP contribution in [0.15, 0.2) is 59.8 Å². The number of rotatable bonds is 7. The lowest BCUT2D eigenvalue weighted by molar-refractivity contribution is -0.129. The Kier molecular flexibility index (Phi) is 6.76. The topological polar surface area (TPSA) is 72.3 Å². The summed E-state index contributed by atoms with van der Waals surface area (Å²) in [6.07, 6.45) is 1.90. The van der Waals surface area contributed by atoms with Crippen LogP contribution in [0.25, 0.3) is 5.69 Å². The van der Waals surface area contributed by atoms with E-state index in [0.29, 0.717) is 17.0 Å². The molecule has 0 aliphatic carbocycles. The van der Waals surface area contributed by atoms with Crippen LogP contribution in [-0.4, -0.2) is 57.6 Å². The van der Waals surface area contributed by atoms with Crippen LogP contribution < -0.4 is 10.1 Å². The third-order valence-corrected chi connectivity index (χ3v) is 6.34. The van der Waals surface area contributed by atoms with Crippen LogP contribution in [0, 0.1) is 6.92 Å². The number of carbonyl (C=O) groups is 1. The normalized spacial score (nSPS) is 14.5. The number of ether oxygens (including phenoxy) is 1. The predicted octanol–water partition coefficient (Wildman–Crippen LogP) is 3.78. The minimum atomic E-state index is 0.140. The molecule has 162 valence electrons. The SMILES string of the molecule is COc1cccc(-n2c(C)nnc2SCC(=O)N2CCC(Nc3ccccc3)CC2)c1. The third kappa shape index (κ3) is 5.19. The molecule has 1 fully saturated rings. The molecule has 1 aromatic heterocycles. The Balaban J connectivity index is 1.33. The number of para-hydroxylation sites is 1. The molecule has 0 bridgehead atoms. The number of nitrogens with one attached hydrogen (secondary N) is 1.